The maximum absolute atomic E-state index is 12.4. The summed E-state index contributed by atoms with van der Waals surface area (Å²) in [5, 5.41) is 3.84. The number of ether oxygens (including phenoxy) is 2. The van der Waals surface area contributed by atoms with Gasteiger partial charge in [0.2, 0.25) is 5.91 Å². The summed E-state index contributed by atoms with van der Waals surface area (Å²) < 4.78 is 17.0. The lowest BCUT2D eigenvalue weighted by molar-refractivity contribution is -0.135. The van der Waals surface area contributed by atoms with Gasteiger partial charge in [-0.1, -0.05) is 47.6 Å². The first kappa shape index (κ1) is 19.1. The molecule has 150 valence electrons. The molecule has 0 aliphatic carbocycles. The topological polar surface area (TPSA) is 77.7 Å². The van der Waals surface area contributed by atoms with E-state index in [0.29, 0.717) is 37.2 Å². The second-order valence-corrected chi connectivity index (χ2v) is 6.99. The SMILES string of the molecule is Cc1noc(-c2ccccc2OC2CCN(C(=O)COCc3ccccc3)C2)n1. The number of hydrogen-bond donors (Lipinski definition) is 0. The van der Waals surface area contributed by atoms with Crippen molar-refractivity contribution in [3.63, 3.8) is 0 Å². The number of benzene rings is 2. The van der Waals surface area contributed by atoms with Crippen LogP contribution in [0.25, 0.3) is 11.5 Å². The molecule has 7 heteroatoms. The predicted octanol–water partition coefficient (Wildman–Crippen LogP) is 3.24. The van der Waals surface area contributed by atoms with Gasteiger partial charge in [-0.05, 0) is 24.6 Å². The van der Waals surface area contributed by atoms with E-state index in [9.17, 15) is 4.79 Å². The molecule has 1 saturated heterocycles. The van der Waals surface area contributed by atoms with E-state index in [1.165, 1.54) is 0 Å². The number of likely N-dealkylation sites (tertiary alicyclic amines) is 1. The van der Waals surface area contributed by atoms with E-state index in [4.69, 9.17) is 14.0 Å². The molecule has 4 rings (SSSR count). The van der Waals surface area contributed by atoms with Crippen LogP contribution in [0.3, 0.4) is 0 Å². The van der Waals surface area contributed by atoms with E-state index < -0.39 is 0 Å². The van der Waals surface area contributed by atoms with Crippen molar-refractivity contribution < 1.29 is 18.8 Å². The molecule has 0 bridgehead atoms. The van der Waals surface area contributed by atoms with E-state index in [2.05, 4.69) is 10.1 Å². The minimum Gasteiger partial charge on any atom is -0.488 e. The molecular formula is C22H23N3O4. The van der Waals surface area contributed by atoms with Crippen LogP contribution in [-0.4, -0.2) is 46.7 Å². The van der Waals surface area contributed by atoms with Crippen molar-refractivity contribution in [2.45, 2.75) is 26.1 Å². The number of aromatic nitrogens is 2. The molecular weight excluding hydrogens is 370 g/mol. The van der Waals surface area contributed by atoms with Crippen LogP contribution in [0, 0.1) is 6.92 Å². The first-order valence-electron chi connectivity index (χ1n) is 9.65. The van der Waals surface area contributed by atoms with Gasteiger partial charge in [0.1, 0.15) is 18.5 Å². The molecule has 0 spiro atoms. The highest BCUT2D eigenvalue weighted by Crippen LogP contribution is 2.30. The van der Waals surface area contributed by atoms with Crippen LogP contribution in [0.4, 0.5) is 0 Å². The van der Waals surface area contributed by atoms with E-state index in [1.807, 2.05) is 54.6 Å². The Bertz CT molecular complexity index is 957. The van der Waals surface area contributed by atoms with Crippen LogP contribution in [0.1, 0.15) is 17.8 Å². The van der Waals surface area contributed by atoms with Gasteiger partial charge < -0.3 is 18.9 Å². The Morgan fingerprint density at radius 1 is 1.17 bits per heavy atom. The van der Waals surface area contributed by atoms with Crippen molar-refractivity contribution in [1.82, 2.24) is 15.0 Å². The number of amides is 1. The van der Waals surface area contributed by atoms with Crippen LogP contribution in [-0.2, 0) is 16.1 Å². The first-order chi connectivity index (χ1) is 14.2. The third-order valence-electron chi connectivity index (χ3n) is 4.77. The average Bonchev–Trinajstić information content (AvgIpc) is 3.38. The molecule has 0 N–H and O–H groups in total. The predicted molar refractivity (Wildman–Crippen MR) is 106 cm³/mol. The Labute approximate surface area is 169 Å². The number of para-hydroxylation sites is 1. The van der Waals surface area contributed by atoms with Gasteiger partial charge in [-0.15, -0.1) is 0 Å². The first-order valence-corrected chi connectivity index (χ1v) is 9.65. The van der Waals surface area contributed by atoms with Gasteiger partial charge in [-0.25, -0.2) is 0 Å². The smallest absolute Gasteiger partial charge is 0.261 e. The third kappa shape index (κ3) is 4.81. The van der Waals surface area contributed by atoms with Gasteiger partial charge in [0, 0.05) is 13.0 Å². The third-order valence-corrected chi connectivity index (χ3v) is 4.77. The normalized spacial score (nSPS) is 16.2. The molecule has 1 unspecified atom stereocenters. The van der Waals surface area contributed by atoms with Crippen molar-refractivity contribution in [2.75, 3.05) is 19.7 Å². The minimum absolute atomic E-state index is 0.0205. The van der Waals surface area contributed by atoms with Gasteiger partial charge in [0.05, 0.1) is 18.7 Å². The second-order valence-electron chi connectivity index (χ2n) is 6.99. The van der Waals surface area contributed by atoms with Crippen LogP contribution < -0.4 is 4.74 Å². The molecule has 29 heavy (non-hydrogen) atoms. The summed E-state index contributed by atoms with van der Waals surface area (Å²) in [6, 6.07) is 17.4. The van der Waals surface area contributed by atoms with Crippen molar-refractivity contribution in [2.24, 2.45) is 0 Å². The summed E-state index contributed by atoms with van der Waals surface area (Å²) in [4.78, 5) is 18.5. The number of carbonyl (C=O) groups is 1. The van der Waals surface area contributed by atoms with Gasteiger partial charge in [-0.2, -0.15) is 4.98 Å². The fraction of sp³-hybridized carbons (Fsp3) is 0.318. The van der Waals surface area contributed by atoms with Gasteiger partial charge >= 0.3 is 0 Å². The van der Waals surface area contributed by atoms with Gasteiger partial charge in [-0.3, -0.25) is 4.79 Å². The lowest BCUT2D eigenvalue weighted by atomic mass is 10.2. The largest absolute Gasteiger partial charge is 0.488 e. The standard InChI is InChI=1S/C22H23N3O4/c1-16-23-22(29-24-16)19-9-5-6-10-20(19)28-18-11-12-25(13-18)21(26)15-27-14-17-7-3-2-4-8-17/h2-10,18H,11-15H2,1H3. The molecule has 0 saturated carbocycles. The summed E-state index contributed by atoms with van der Waals surface area (Å²) in [7, 11) is 0. The quantitative estimate of drug-likeness (QED) is 0.613. The number of carbonyl (C=O) groups excluding carboxylic acids is 1. The zero-order chi connectivity index (χ0) is 20.1. The number of hydrogen-bond acceptors (Lipinski definition) is 6. The van der Waals surface area contributed by atoms with Crippen molar-refractivity contribution in [1.29, 1.82) is 0 Å². The molecule has 0 radical (unpaired) electrons. The highest BCUT2D eigenvalue weighted by Gasteiger charge is 2.28. The average molecular weight is 393 g/mol. The summed E-state index contributed by atoms with van der Waals surface area (Å²) >= 11 is 0. The van der Waals surface area contributed by atoms with Crippen LogP contribution >= 0.6 is 0 Å². The monoisotopic (exact) mass is 393 g/mol. The van der Waals surface area contributed by atoms with Gasteiger partial charge in [0.25, 0.3) is 5.89 Å². The Balaban J connectivity index is 1.31. The van der Waals surface area contributed by atoms with Crippen molar-refractivity contribution in [3.8, 4) is 17.2 Å². The van der Waals surface area contributed by atoms with Crippen LogP contribution in [0.2, 0.25) is 0 Å². The summed E-state index contributed by atoms with van der Waals surface area (Å²) in [5.74, 6) is 1.66. The Morgan fingerprint density at radius 3 is 2.76 bits per heavy atom. The molecule has 7 nitrogen and oxygen atoms in total. The number of rotatable bonds is 7. The molecule has 1 aliphatic rings. The molecule has 1 aromatic heterocycles. The Morgan fingerprint density at radius 2 is 1.97 bits per heavy atom. The number of aryl methyl sites for hydroxylation is 1. The molecule has 1 aliphatic heterocycles. The summed E-state index contributed by atoms with van der Waals surface area (Å²) in [6.45, 7) is 3.46. The molecule has 1 atom stereocenters. The van der Waals surface area contributed by atoms with Crippen molar-refractivity contribution >= 4 is 5.91 Å². The maximum Gasteiger partial charge on any atom is 0.261 e. The zero-order valence-electron chi connectivity index (χ0n) is 16.3. The molecule has 2 aromatic carbocycles. The van der Waals surface area contributed by atoms with E-state index in [0.717, 1.165) is 17.5 Å². The maximum atomic E-state index is 12.4. The lowest BCUT2D eigenvalue weighted by Gasteiger charge is -2.18. The molecule has 2 heterocycles. The summed E-state index contributed by atoms with van der Waals surface area (Å²) in [6.07, 6.45) is 0.681. The van der Waals surface area contributed by atoms with Crippen LogP contribution in [0.15, 0.2) is 59.1 Å². The van der Waals surface area contributed by atoms with Gasteiger partial charge in [0.15, 0.2) is 5.82 Å². The zero-order valence-corrected chi connectivity index (χ0v) is 16.3. The lowest BCUT2D eigenvalue weighted by Crippen LogP contribution is -2.33. The van der Waals surface area contributed by atoms with E-state index in [1.54, 1.807) is 11.8 Å². The highest BCUT2D eigenvalue weighted by atomic mass is 16.5. The fourth-order valence-corrected chi connectivity index (χ4v) is 3.30. The summed E-state index contributed by atoms with van der Waals surface area (Å²) in [5.41, 5.74) is 1.81. The van der Waals surface area contributed by atoms with Crippen LogP contribution in [0.5, 0.6) is 5.75 Å². The Hall–Kier alpha value is -3.19. The van der Waals surface area contributed by atoms with E-state index >= 15 is 0 Å². The molecule has 1 amide bonds. The van der Waals surface area contributed by atoms with E-state index in [-0.39, 0.29) is 18.6 Å². The highest BCUT2D eigenvalue weighted by molar-refractivity contribution is 5.77. The van der Waals surface area contributed by atoms with Crippen molar-refractivity contribution in [3.05, 3.63) is 66.0 Å². The minimum atomic E-state index is -0.0850. The second kappa shape index (κ2) is 8.87. The molecule has 1 fully saturated rings. The number of nitrogens with zero attached hydrogens (tertiary/aromatic N) is 3. The fourth-order valence-electron chi connectivity index (χ4n) is 3.30. The Kier molecular flexibility index (Phi) is 5.86. The molecule has 3 aromatic rings.